The van der Waals surface area contributed by atoms with Gasteiger partial charge in [0, 0.05) is 12.6 Å². The van der Waals surface area contributed by atoms with E-state index in [1.165, 1.54) is 57.8 Å². The van der Waals surface area contributed by atoms with E-state index >= 15 is 0 Å². The minimum Gasteiger partial charge on any atom is -0.396 e. The zero-order chi connectivity index (χ0) is 16.6. The molecule has 134 valence electrons. The Hall–Kier alpha value is -0.160. The molecule has 0 rings (SSSR count). The largest absolute Gasteiger partial charge is 0.396 e. The van der Waals surface area contributed by atoms with Crippen molar-refractivity contribution in [1.29, 1.82) is 0 Å². The van der Waals surface area contributed by atoms with Gasteiger partial charge in [-0.05, 0) is 12.8 Å². The van der Waals surface area contributed by atoms with Gasteiger partial charge in [-0.2, -0.15) is 0 Å². The highest BCUT2D eigenvalue weighted by atomic mass is 16.3. The van der Waals surface area contributed by atoms with Crippen molar-refractivity contribution < 1.29 is 15.3 Å². The van der Waals surface area contributed by atoms with Crippen molar-refractivity contribution in [2.45, 2.75) is 109 Å². The molecule has 0 aliphatic heterocycles. The molecule has 0 aromatic rings. The van der Waals surface area contributed by atoms with Gasteiger partial charge in [0.2, 0.25) is 0 Å². The highest BCUT2D eigenvalue weighted by molar-refractivity contribution is 4.78. The van der Waals surface area contributed by atoms with Crippen LogP contribution in [0.15, 0.2) is 0 Å². The zero-order valence-electron chi connectivity index (χ0n) is 14.6. The molecule has 0 fully saturated rings. The van der Waals surface area contributed by atoms with E-state index in [0.29, 0.717) is 12.8 Å². The molecule has 0 aromatic carbocycles. The summed E-state index contributed by atoms with van der Waals surface area (Å²) in [6.07, 6.45) is 13.2. The summed E-state index contributed by atoms with van der Waals surface area (Å²) in [5.74, 6) is 0. The Labute approximate surface area is 137 Å². The lowest BCUT2D eigenvalue weighted by atomic mass is 9.98. The fourth-order valence-corrected chi connectivity index (χ4v) is 2.79. The quantitative estimate of drug-likeness (QED) is 0.329. The number of unbranched alkanes of at least 4 members (excludes halogenated alkanes) is 10. The molecule has 0 saturated carbocycles. The van der Waals surface area contributed by atoms with Crippen LogP contribution in [0.5, 0.6) is 0 Å². The van der Waals surface area contributed by atoms with Gasteiger partial charge in [-0.25, -0.2) is 0 Å². The molecule has 22 heavy (non-hydrogen) atoms. The van der Waals surface area contributed by atoms with Crippen LogP contribution in [0, 0.1) is 0 Å². The van der Waals surface area contributed by atoms with Crippen LogP contribution in [0.4, 0.5) is 0 Å². The number of hydrogen-bond donors (Lipinski definition) is 4. The molecule has 0 aromatic heterocycles. The van der Waals surface area contributed by atoms with E-state index in [1.807, 2.05) is 0 Å². The molecule has 4 heteroatoms. The molecule has 4 nitrogen and oxygen atoms in total. The molecule has 0 aliphatic carbocycles. The van der Waals surface area contributed by atoms with Crippen LogP contribution < -0.4 is 5.73 Å². The molecule has 3 unspecified atom stereocenters. The van der Waals surface area contributed by atoms with Gasteiger partial charge >= 0.3 is 0 Å². The van der Waals surface area contributed by atoms with Crippen molar-refractivity contribution in [2.24, 2.45) is 5.73 Å². The number of aliphatic hydroxyl groups is 3. The first-order chi connectivity index (χ1) is 10.6. The molecule has 0 heterocycles. The summed E-state index contributed by atoms with van der Waals surface area (Å²) < 4.78 is 0. The number of hydrogen-bond acceptors (Lipinski definition) is 4. The van der Waals surface area contributed by atoms with Crippen LogP contribution in [0.25, 0.3) is 0 Å². The SMILES string of the molecule is CCCCCCCCCCCCCC(O)C(O)C(N)CCO. The average Bonchev–Trinajstić information content (AvgIpc) is 2.51. The predicted molar refractivity (Wildman–Crippen MR) is 92.8 cm³/mol. The minimum atomic E-state index is -0.921. The summed E-state index contributed by atoms with van der Waals surface area (Å²) in [7, 11) is 0. The molecule has 0 saturated heterocycles. The third-order valence-electron chi connectivity index (χ3n) is 4.40. The first kappa shape index (κ1) is 21.8. The van der Waals surface area contributed by atoms with E-state index in [-0.39, 0.29) is 6.61 Å². The molecular formula is C18H39NO3. The van der Waals surface area contributed by atoms with Gasteiger partial charge in [0.05, 0.1) is 12.2 Å². The van der Waals surface area contributed by atoms with Crippen molar-refractivity contribution >= 4 is 0 Å². The normalized spacial score (nSPS) is 15.7. The first-order valence-corrected chi connectivity index (χ1v) is 9.36. The van der Waals surface area contributed by atoms with Crippen molar-refractivity contribution in [3.63, 3.8) is 0 Å². The Kier molecular flexibility index (Phi) is 15.6. The Bertz CT molecular complexity index is 226. The molecule has 5 N–H and O–H groups in total. The van der Waals surface area contributed by atoms with Crippen molar-refractivity contribution in [2.75, 3.05) is 6.61 Å². The Morgan fingerprint density at radius 1 is 0.727 bits per heavy atom. The first-order valence-electron chi connectivity index (χ1n) is 9.36. The predicted octanol–water partition coefficient (Wildman–Crippen LogP) is 3.12. The van der Waals surface area contributed by atoms with Crippen molar-refractivity contribution in [3.05, 3.63) is 0 Å². The molecule has 0 amide bonds. The lowest BCUT2D eigenvalue weighted by Gasteiger charge is -2.23. The van der Waals surface area contributed by atoms with Crippen molar-refractivity contribution in [1.82, 2.24) is 0 Å². The average molecular weight is 318 g/mol. The third kappa shape index (κ3) is 12.4. The van der Waals surface area contributed by atoms with E-state index in [2.05, 4.69) is 6.92 Å². The van der Waals surface area contributed by atoms with Gasteiger partial charge in [-0.1, -0.05) is 77.6 Å². The fourth-order valence-electron chi connectivity index (χ4n) is 2.79. The van der Waals surface area contributed by atoms with E-state index in [1.54, 1.807) is 0 Å². The third-order valence-corrected chi connectivity index (χ3v) is 4.40. The number of rotatable bonds is 16. The topological polar surface area (TPSA) is 86.7 Å². The second kappa shape index (κ2) is 15.7. The molecule has 3 atom stereocenters. The molecule has 0 bridgehead atoms. The van der Waals surface area contributed by atoms with Gasteiger partial charge in [0.1, 0.15) is 0 Å². The van der Waals surface area contributed by atoms with Gasteiger partial charge in [0.15, 0.2) is 0 Å². The lowest BCUT2D eigenvalue weighted by Crippen LogP contribution is -2.43. The summed E-state index contributed by atoms with van der Waals surface area (Å²) in [5, 5.41) is 28.4. The van der Waals surface area contributed by atoms with Gasteiger partial charge in [0.25, 0.3) is 0 Å². The lowest BCUT2D eigenvalue weighted by molar-refractivity contribution is -0.00570. The second-order valence-electron chi connectivity index (χ2n) is 6.56. The molecule has 0 radical (unpaired) electrons. The summed E-state index contributed by atoms with van der Waals surface area (Å²) in [5.41, 5.74) is 5.69. The maximum Gasteiger partial charge on any atom is 0.0950 e. The van der Waals surface area contributed by atoms with E-state index in [4.69, 9.17) is 10.8 Å². The monoisotopic (exact) mass is 317 g/mol. The van der Waals surface area contributed by atoms with Gasteiger partial charge < -0.3 is 21.1 Å². The van der Waals surface area contributed by atoms with Crippen LogP contribution in [-0.4, -0.2) is 40.2 Å². The fraction of sp³-hybridized carbons (Fsp3) is 1.00. The van der Waals surface area contributed by atoms with Gasteiger partial charge in [-0.15, -0.1) is 0 Å². The summed E-state index contributed by atoms with van der Waals surface area (Å²) in [4.78, 5) is 0. The van der Waals surface area contributed by atoms with Crippen LogP contribution in [0.2, 0.25) is 0 Å². The Balaban J connectivity index is 3.34. The van der Waals surface area contributed by atoms with E-state index < -0.39 is 18.2 Å². The van der Waals surface area contributed by atoms with Gasteiger partial charge in [-0.3, -0.25) is 0 Å². The van der Waals surface area contributed by atoms with E-state index in [9.17, 15) is 10.2 Å². The second-order valence-corrected chi connectivity index (χ2v) is 6.56. The smallest absolute Gasteiger partial charge is 0.0950 e. The standard InChI is InChI=1S/C18H39NO3/c1-2-3-4-5-6-7-8-9-10-11-12-13-17(21)18(22)16(19)14-15-20/h16-18,20-22H,2-15,19H2,1H3. The van der Waals surface area contributed by atoms with Crippen LogP contribution in [-0.2, 0) is 0 Å². The number of nitrogens with two attached hydrogens (primary N) is 1. The summed E-state index contributed by atoms with van der Waals surface area (Å²) in [6, 6.07) is -0.535. The van der Waals surface area contributed by atoms with Crippen LogP contribution in [0.3, 0.4) is 0 Å². The molecule has 0 spiro atoms. The van der Waals surface area contributed by atoms with Crippen LogP contribution in [0.1, 0.15) is 90.4 Å². The maximum atomic E-state index is 9.85. The minimum absolute atomic E-state index is 0.0522. The Morgan fingerprint density at radius 2 is 1.18 bits per heavy atom. The summed E-state index contributed by atoms with van der Waals surface area (Å²) >= 11 is 0. The maximum absolute atomic E-state index is 9.85. The summed E-state index contributed by atoms with van der Waals surface area (Å²) in [6.45, 7) is 2.19. The molecular weight excluding hydrogens is 278 g/mol. The zero-order valence-corrected chi connectivity index (χ0v) is 14.6. The van der Waals surface area contributed by atoms with E-state index in [0.717, 1.165) is 12.8 Å². The number of aliphatic hydroxyl groups excluding tert-OH is 3. The highest BCUT2D eigenvalue weighted by Gasteiger charge is 2.22. The highest BCUT2D eigenvalue weighted by Crippen LogP contribution is 2.14. The van der Waals surface area contributed by atoms with Crippen LogP contribution >= 0.6 is 0 Å². The Morgan fingerprint density at radius 3 is 1.64 bits per heavy atom. The molecule has 0 aliphatic rings. The van der Waals surface area contributed by atoms with Crippen molar-refractivity contribution in [3.8, 4) is 0 Å².